The molecule has 29 heavy (non-hydrogen) atoms. The van der Waals surface area contributed by atoms with E-state index in [4.69, 9.17) is 25.8 Å². The molecule has 1 aliphatic rings. The van der Waals surface area contributed by atoms with Crippen LogP contribution < -0.4 is 9.47 Å². The van der Waals surface area contributed by atoms with Crippen LogP contribution in [0.5, 0.6) is 11.6 Å². The number of nitrogens with zero attached hydrogens (tertiary/aromatic N) is 2. The van der Waals surface area contributed by atoms with Crippen LogP contribution in [-0.4, -0.2) is 35.1 Å². The highest BCUT2D eigenvalue weighted by Crippen LogP contribution is 2.23. The number of benzene rings is 2. The Balaban J connectivity index is 1.43. The van der Waals surface area contributed by atoms with Gasteiger partial charge in [-0.05, 0) is 68.3 Å². The molecule has 0 spiro atoms. The van der Waals surface area contributed by atoms with Crippen LogP contribution in [-0.2, 0) is 4.74 Å². The van der Waals surface area contributed by atoms with Crippen LogP contribution in [0.15, 0.2) is 54.6 Å². The number of aryl methyl sites for hydroxylation is 1. The second kappa shape index (κ2) is 8.68. The lowest BCUT2D eigenvalue weighted by Crippen LogP contribution is -2.16. The van der Waals surface area contributed by atoms with Crippen molar-refractivity contribution in [2.75, 3.05) is 13.2 Å². The maximum absolute atomic E-state index is 12.6. The molecule has 1 unspecified atom stereocenters. The van der Waals surface area contributed by atoms with Gasteiger partial charge in [-0.15, -0.1) is 0 Å². The van der Waals surface area contributed by atoms with Crippen molar-refractivity contribution in [1.29, 1.82) is 0 Å². The van der Waals surface area contributed by atoms with Gasteiger partial charge in [0.25, 0.3) is 0 Å². The highest BCUT2D eigenvalue weighted by Gasteiger charge is 2.17. The van der Waals surface area contributed by atoms with Crippen molar-refractivity contribution in [1.82, 2.24) is 9.78 Å². The zero-order chi connectivity index (χ0) is 20.2. The molecule has 1 aromatic heterocycles. The molecule has 0 saturated carbocycles. The van der Waals surface area contributed by atoms with Gasteiger partial charge in [0.1, 0.15) is 12.4 Å². The fraction of sp³-hybridized carbons (Fsp3) is 0.273. The fourth-order valence-electron chi connectivity index (χ4n) is 3.12. The Bertz CT molecular complexity index is 977. The minimum atomic E-state index is -0.467. The minimum Gasteiger partial charge on any atom is -0.491 e. The van der Waals surface area contributed by atoms with Crippen LogP contribution in [0.4, 0.5) is 0 Å². The molecule has 6 nitrogen and oxygen atoms in total. The zero-order valence-electron chi connectivity index (χ0n) is 16.0. The van der Waals surface area contributed by atoms with Crippen LogP contribution in [0.3, 0.4) is 0 Å². The predicted octanol–water partition coefficient (Wildman–Crippen LogP) is 4.61. The summed E-state index contributed by atoms with van der Waals surface area (Å²) in [6.07, 6.45) is 2.24. The van der Waals surface area contributed by atoms with Crippen molar-refractivity contribution >= 4 is 17.6 Å². The summed E-state index contributed by atoms with van der Waals surface area (Å²) in [6, 6.07) is 15.7. The average Bonchev–Trinajstić information content (AvgIpc) is 3.37. The fourth-order valence-corrected chi connectivity index (χ4v) is 3.25. The molecular formula is C22H21ClN2O4. The summed E-state index contributed by atoms with van der Waals surface area (Å²) >= 11 is 5.95. The molecule has 3 aromatic rings. The molecule has 0 radical (unpaired) electrons. The van der Waals surface area contributed by atoms with E-state index in [1.54, 1.807) is 47.1 Å². The normalized spacial score (nSPS) is 16.0. The first-order chi connectivity index (χ1) is 14.1. The summed E-state index contributed by atoms with van der Waals surface area (Å²) in [5.74, 6) is 0.568. The molecule has 2 heterocycles. The monoisotopic (exact) mass is 412 g/mol. The topological polar surface area (TPSA) is 62.6 Å². The van der Waals surface area contributed by atoms with E-state index >= 15 is 0 Å². The molecule has 1 atom stereocenters. The molecule has 1 aliphatic heterocycles. The first-order valence-corrected chi connectivity index (χ1v) is 9.85. The third-order valence-electron chi connectivity index (χ3n) is 4.62. The standard InChI is InChI=1S/C22H21ClN2O4/c1-15-13-21(25(24-15)18-8-6-17(23)7-9-18)29-22(26)16-4-10-19(11-5-16)28-14-20-3-2-12-27-20/h4-11,13,20H,2-3,12,14H2,1H3. The minimum absolute atomic E-state index is 0.149. The van der Waals surface area contributed by atoms with Gasteiger partial charge in [0, 0.05) is 17.7 Å². The van der Waals surface area contributed by atoms with Crippen molar-refractivity contribution in [3.05, 3.63) is 70.9 Å². The van der Waals surface area contributed by atoms with E-state index < -0.39 is 5.97 Å². The first-order valence-electron chi connectivity index (χ1n) is 9.48. The van der Waals surface area contributed by atoms with Crippen LogP contribution in [0.25, 0.3) is 5.69 Å². The number of carbonyl (C=O) groups excluding carboxylic acids is 1. The number of carbonyl (C=O) groups is 1. The maximum atomic E-state index is 12.6. The molecule has 0 bridgehead atoms. The Labute approximate surface area is 174 Å². The summed E-state index contributed by atoms with van der Waals surface area (Å²) in [4.78, 5) is 12.6. The Morgan fingerprint density at radius 1 is 1.21 bits per heavy atom. The van der Waals surface area contributed by atoms with E-state index in [1.807, 2.05) is 19.1 Å². The SMILES string of the molecule is Cc1cc(OC(=O)c2ccc(OCC3CCCO3)cc2)n(-c2ccc(Cl)cc2)n1. The van der Waals surface area contributed by atoms with Gasteiger partial charge in [0.05, 0.1) is 23.0 Å². The maximum Gasteiger partial charge on any atom is 0.344 e. The van der Waals surface area contributed by atoms with Gasteiger partial charge in [-0.3, -0.25) is 0 Å². The van der Waals surface area contributed by atoms with Crippen molar-refractivity contribution in [3.63, 3.8) is 0 Å². The number of hydrogen-bond donors (Lipinski definition) is 0. The average molecular weight is 413 g/mol. The Hall–Kier alpha value is -2.83. The van der Waals surface area contributed by atoms with E-state index in [2.05, 4.69) is 5.10 Å². The summed E-state index contributed by atoms with van der Waals surface area (Å²) in [7, 11) is 0. The molecule has 7 heteroatoms. The molecule has 0 amide bonds. The summed E-state index contributed by atoms with van der Waals surface area (Å²) in [6.45, 7) is 3.15. The molecule has 150 valence electrons. The molecule has 0 aliphatic carbocycles. The van der Waals surface area contributed by atoms with E-state index in [1.165, 1.54) is 0 Å². The third-order valence-corrected chi connectivity index (χ3v) is 4.87. The van der Waals surface area contributed by atoms with Crippen molar-refractivity contribution in [2.24, 2.45) is 0 Å². The highest BCUT2D eigenvalue weighted by atomic mass is 35.5. The van der Waals surface area contributed by atoms with E-state index in [9.17, 15) is 4.79 Å². The number of halogens is 1. The van der Waals surface area contributed by atoms with Gasteiger partial charge in [-0.25, -0.2) is 9.48 Å². The van der Waals surface area contributed by atoms with Crippen molar-refractivity contribution in [3.8, 4) is 17.3 Å². The number of esters is 1. The Morgan fingerprint density at radius 3 is 2.66 bits per heavy atom. The predicted molar refractivity (Wildman–Crippen MR) is 109 cm³/mol. The lowest BCUT2D eigenvalue weighted by atomic mass is 10.2. The van der Waals surface area contributed by atoms with Crippen LogP contribution in [0, 0.1) is 6.92 Å². The van der Waals surface area contributed by atoms with Gasteiger partial charge in [-0.2, -0.15) is 5.10 Å². The lowest BCUT2D eigenvalue weighted by molar-refractivity contribution is 0.0677. The zero-order valence-corrected chi connectivity index (χ0v) is 16.8. The van der Waals surface area contributed by atoms with Gasteiger partial charge >= 0.3 is 5.97 Å². The Kier molecular flexibility index (Phi) is 5.83. The van der Waals surface area contributed by atoms with Gasteiger partial charge in [0.15, 0.2) is 0 Å². The number of ether oxygens (including phenoxy) is 3. The van der Waals surface area contributed by atoms with Crippen molar-refractivity contribution < 1.29 is 19.0 Å². The summed E-state index contributed by atoms with van der Waals surface area (Å²) in [5.41, 5.74) is 1.92. The molecule has 1 saturated heterocycles. The quantitative estimate of drug-likeness (QED) is 0.553. The molecular weight excluding hydrogens is 392 g/mol. The number of rotatable bonds is 6. The largest absolute Gasteiger partial charge is 0.491 e. The molecule has 0 N–H and O–H groups in total. The lowest BCUT2D eigenvalue weighted by Gasteiger charge is -2.12. The van der Waals surface area contributed by atoms with Crippen LogP contribution >= 0.6 is 11.6 Å². The summed E-state index contributed by atoms with van der Waals surface area (Å²) in [5, 5.41) is 5.02. The molecule has 4 rings (SSSR count). The molecule has 1 fully saturated rings. The Morgan fingerprint density at radius 2 is 1.97 bits per heavy atom. The first kappa shape index (κ1) is 19.5. The second-order valence-corrected chi connectivity index (χ2v) is 7.31. The van der Waals surface area contributed by atoms with Crippen LogP contribution in [0.1, 0.15) is 28.9 Å². The number of aromatic nitrogens is 2. The second-order valence-electron chi connectivity index (χ2n) is 6.87. The van der Waals surface area contributed by atoms with Gasteiger partial charge in [-0.1, -0.05) is 11.6 Å². The summed E-state index contributed by atoms with van der Waals surface area (Å²) < 4.78 is 18.4. The van der Waals surface area contributed by atoms with E-state index in [0.717, 1.165) is 30.8 Å². The highest BCUT2D eigenvalue weighted by molar-refractivity contribution is 6.30. The van der Waals surface area contributed by atoms with Gasteiger partial charge < -0.3 is 14.2 Å². The van der Waals surface area contributed by atoms with Gasteiger partial charge in [0.2, 0.25) is 5.88 Å². The third kappa shape index (κ3) is 4.78. The number of hydrogen-bond acceptors (Lipinski definition) is 5. The van der Waals surface area contributed by atoms with E-state index in [-0.39, 0.29) is 6.10 Å². The van der Waals surface area contributed by atoms with Crippen molar-refractivity contribution in [2.45, 2.75) is 25.9 Å². The smallest absolute Gasteiger partial charge is 0.344 e. The van der Waals surface area contributed by atoms with Crippen LogP contribution in [0.2, 0.25) is 5.02 Å². The molecule has 2 aromatic carbocycles. The van der Waals surface area contributed by atoms with E-state index in [0.29, 0.717) is 28.8 Å².